The Kier molecular flexibility index (Phi) is 4.77. The van der Waals surface area contributed by atoms with Crippen molar-refractivity contribution in [3.63, 3.8) is 0 Å². The third-order valence-electron chi connectivity index (χ3n) is 2.37. The second kappa shape index (κ2) is 5.92. The summed E-state index contributed by atoms with van der Waals surface area (Å²) in [5.74, 6) is -1.38. The Balaban J connectivity index is 3.33. The highest BCUT2D eigenvalue weighted by molar-refractivity contribution is 5.78. The number of alkyl halides is 3. The monoisotopic (exact) mass is 278 g/mol. The van der Waals surface area contributed by atoms with E-state index in [-0.39, 0.29) is 12.4 Å². The molecule has 0 aliphatic carbocycles. The van der Waals surface area contributed by atoms with Gasteiger partial charge in [0.15, 0.2) is 6.10 Å². The Hall–Kier alpha value is -1.76. The lowest BCUT2D eigenvalue weighted by Crippen LogP contribution is -2.20. The van der Waals surface area contributed by atoms with Gasteiger partial charge in [0, 0.05) is 5.56 Å². The van der Waals surface area contributed by atoms with Crippen LogP contribution in [0.15, 0.2) is 18.2 Å². The molecule has 0 aromatic heterocycles. The molecule has 0 radical (unpaired) electrons. The summed E-state index contributed by atoms with van der Waals surface area (Å²) in [6.45, 7) is 1.43. The van der Waals surface area contributed by atoms with Crippen LogP contribution >= 0.6 is 0 Å². The van der Waals surface area contributed by atoms with Gasteiger partial charge < -0.3 is 14.6 Å². The summed E-state index contributed by atoms with van der Waals surface area (Å²) in [6.07, 6.45) is -6.76. The van der Waals surface area contributed by atoms with E-state index in [1.807, 2.05) is 0 Å². The van der Waals surface area contributed by atoms with Crippen molar-refractivity contribution >= 4 is 5.97 Å². The summed E-state index contributed by atoms with van der Waals surface area (Å²) >= 11 is 0. The number of carbonyl (C=O) groups excluding carboxylic acids is 1. The molecule has 106 valence electrons. The van der Waals surface area contributed by atoms with Gasteiger partial charge in [-0.1, -0.05) is 6.07 Å². The zero-order valence-electron chi connectivity index (χ0n) is 10.3. The minimum Gasteiger partial charge on any atom is -0.496 e. The van der Waals surface area contributed by atoms with Crippen molar-refractivity contribution in [3.05, 3.63) is 29.3 Å². The van der Waals surface area contributed by atoms with E-state index in [1.54, 1.807) is 0 Å². The standard InChI is InChI=1S/C12H13F3O4/c1-3-19-11(17)10(16)9-7(12(13,14)15)5-4-6-8(9)18-2/h4-6,10,16H,3H2,1-2H3. The number of methoxy groups -OCH3 is 1. The van der Waals surface area contributed by atoms with Gasteiger partial charge in [-0.15, -0.1) is 0 Å². The summed E-state index contributed by atoms with van der Waals surface area (Å²) in [6, 6.07) is 3.12. The molecule has 0 amide bonds. The molecule has 0 spiro atoms. The normalized spacial score (nSPS) is 12.9. The van der Waals surface area contributed by atoms with E-state index in [2.05, 4.69) is 4.74 Å². The van der Waals surface area contributed by atoms with Crippen LogP contribution in [-0.2, 0) is 15.7 Å². The third-order valence-corrected chi connectivity index (χ3v) is 2.37. The minimum atomic E-state index is -4.71. The largest absolute Gasteiger partial charge is 0.496 e. The third kappa shape index (κ3) is 3.37. The van der Waals surface area contributed by atoms with Gasteiger partial charge in [0.1, 0.15) is 5.75 Å². The van der Waals surface area contributed by atoms with Crippen LogP contribution < -0.4 is 4.74 Å². The quantitative estimate of drug-likeness (QED) is 0.859. The molecule has 1 aromatic rings. The number of aliphatic hydroxyl groups excluding tert-OH is 1. The fourth-order valence-electron chi connectivity index (χ4n) is 1.59. The lowest BCUT2D eigenvalue weighted by Gasteiger charge is -2.19. The first-order valence-corrected chi connectivity index (χ1v) is 5.41. The number of halogens is 3. The predicted molar refractivity (Wildman–Crippen MR) is 59.6 cm³/mol. The summed E-state index contributed by atoms with van der Waals surface area (Å²) in [5, 5.41) is 9.72. The summed E-state index contributed by atoms with van der Waals surface area (Å²) in [7, 11) is 1.15. The van der Waals surface area contributed by atoms with Crippen molar-refractivity contribution in [2.75, 3.05) is 13.7 Å². The molecule has 0 heterocycles. The summed E-state index contributed by atoms with van der Waals surface area (Å²) in [4.78, 5) is 11.4. The molecule has 0 aliphatic heterocycles. The Morgan fingerprint density at radius 1 is 1.42 bits per heavy atom. The Labute approximate surface area is 107 Å². The first-order valence-electron chi connectivity index (χ1n) is 5.41. The number of carbonyl (C=O) groups is 1. The minimum absolute atomic E-state index is 0.0492. The van der Waals surface area contributed by atoms with Crippen LogP contribution in [0.3, 0.4) is 0 Å². The molecule has 0 fully saturated rings. The molecule has 1 atom stereocenters. The van der Waals surface area contributed by atoms with Gasteiger partial charge in [-0.3, -0.25) is 0 Å². The molecule has 0 saturated heterocycles. The van der Waals surface area contributed by atoms with E-state index in [9.17, 15) is 23.1 Å². The zero-order chi connectivity index (χ0) is 14.6. The van der Waals surface area contributed by atoms with Crippen LogP contribution in [-0.4, -0.2) is 24.8 Å². The van der Waals surface area contributed by atoms with Crippen LogP contribution in [0, 0.1) is 0 Å². The number of aliphatic hydroxyl groups is 1. The number of benzene rings is 1. The molecule has 7 heteroatoms. The molecular formula is C12H13F3O4. The number of esters is 1. The van der Waals surface area contributed by atoms with Gasteiger partial charge in [0.25, 0.3) is 0 Å². The molecule has 0 aliphatic rings. The predicted octanol–water partition coefficient (Wildman–Crippen LogP) is 2.31. The fourth-order valence-corrected chi connectivity index (χ4v) is 1.59. The first-order chi connectivity index (χ1) is 8.82. The van der Waals surface area contributed by atoms with E-state index in [0.717, 1.165) is 19.2 Å². The van der Waals surface area contributed by atoms with Crippen LogP contribution in [0.5, 0.6) is 5.75 Å². The maximum Gasteiger partial charge on any atom is 0.416 e. The SMILES string of the molecule is CCOC(=O)C(O)c1c(OC)cccc1C(F)(F)F. The van der Waals surface area contributed by atoms with Crippen LogP contribution in [0.4, 0.5) is 13.2 Å². The maximum atomic E-state index is 12.9. The second-order valence-electron chi connectivity index (χ2n) is 3.57. The van der Waals surface area contributed by atoms with Gasteiger partial charge >= 0.3 is 12.1 Å². The van der Waals surface area contributed by atoms with Gasteiger partial charge in [0.05, 0.1) is 19.3 Å². The summed E-state index contributed by atoms with van der Waals surface area (Å²) < 4.78 is 47.8. The summed E-state index contributed by atoms with van der Waals surface area (Å²) in [5.41, 5.74) is -1.77. The highest BCUT2D eigenvalue weighted by atomic mass is 19.4. The molecule has 0 saturated carbocycles. The van der Waals surface area contributed by atoms with E-state index in [1.165, 1.54) is 13.0 Å². The second-order valence-corrected chi connectivity index (χ2v) is 3.57. The molecular weight excluding hydrogens is 265 g/mol. The van der Waals surface area contributed by atoms with Crippen molar-refractivity contribution in [1.29, 1.82) is 0 Å². The van der Waals surface area contributed by atoms with E-state index < -0.39 is 29.4 Å². The highest BCUT2D eigenvalue weighted by Crippen LogP contribution is 2.39. The molecule has 0 bridgehead atoms. The van der Waals surface area contributed by atoms with Crippen molar-refractivity contribution < 1.29 is 32.5 Å². The molecule has 1 N–H and O–H groups in total. The van der Waals surface area contributed by atoms with Gasteiger partial charge in [-0.05, 0) is 19.1 Å². The fraction of sp³-hybridized carbons (Fsp3) is 0.417. The van der Waals surface area contributed by atoms with E-state index in [4.69, 9.17) is 4.74 Å². The maximum absolute atomic E-state index is 12.9. The Bertz CT molecular complexity index is 457. The lowest BCUT2D eigenvalue weighted by molar-refractivity contribution is -0.155. The average molecular weight is 278 g/mol. The zero-order valence-corrected chi connectivity index (χ0v) is 10.3. The van der Waals surface area contributed by atoms with E-state index >= 15 is 0 Å². The highest BCUT2D eigenvalue weighted by Gasteiger charge is 2.38. The Morgan fingerprint density at radius 3 is 2.53 bits per heavy atom. The van der Waals surface area contributed by atoms with Crippen LogP contribution in [0.2, 0.25) is 0 Å². The van der Waals surface area contributed by atoms with Crippen molar-refractivity contribution in [2.45, 2.75) is 19.2 Å². The van der Waals surface area contributed by atoms with Crippen molar-refractivity contribution in [3.8, 4) is 5.75 Å². The molecule has 4 nitrogen and oxygen atoms in total. The number of hydrogen-bond acceptors (Lipinski definition) is 4. The van der Waals surface area contributed by atoms with Crippen LogP contribution in [0.25, 0.3) is 0 Å². The Morgan fingerprint density at radius 2 is 2.05 bits per heavy atom. The lowest BCUT2D eigenvalue weighted by atomic mass is 10.0. The molecule has 19 heavy (non-hydrogen) atoms. The average Bonchev–Trinajstić information content (AvgIpc) is 2.36. The first kappa shape index (κ1) is 15.3. The van der Waals surface area contributed by atoms with Gasteiger partial charge in [0.2, 0.25) is 0 Å². The van der Waals surface area contributed by atoms with Crippen LogP contribution in [0.1, 0.15) is 24.2 Å². The van der Waals surface area contributed by atoms with Crippen molar-refractivity contribution in [2.24, 2.45) is 0 Å². The van der Waals surface area contributed by atoms with Gasteiger partial charge in [-0.2, -0.15) is 13.2 Å². The number of rotatable bonds is 4. The van der Waals surface area contributed by atoms with Gasteiger partial charge in [-0.25, -0.2) is 4.79 Å². The molecule has 1 unspecified atom stereocenters. The van der Waals surface area contributed by atoms with Crippen molar-refractivity contribution in [1.82, 2.24) is 0 Å². The molecule has 1 rings (SSSR count). The number of hydrogen-bond donors (Lipinski definition) is 1. The molecule has 1 aromatic carbocycles. The number of ether oxygens (including phenoxy) is 2. The topological polar surface area (TPSA) is 55.8 Å². The van der Waals surface area contributed by atoms with E-state index in [0.29, 0.717) is 0 Å². The smallest absolute Gasteiger partial charge is 0.416 e.